The van der Waals surface area contributed by atoms with Crippen molar-refractivity contribution in [3.05, 3.63) is 45.8 Å². The lowest BCUT2D eigenvalue weighted by atomic mass is 9.79. The van der Waals surface area contributed by atoms with Crippen LogP contribution in [0.15, 0.2) is 45.8 Å². The molecule has 0 radical (unpaired) electrons. The number of hydrogen-bond donors (Lipinski definition) is 1. The number of para-hydroxylation sites is 1. The van der Waals surface area contributed by atoms with E-state index in [0.717, 1.165) is 32.3 Å². The molecule has 1 aliphatic carbocycles. The van der Waals surface area contributed by atoms with Crippen LogP contribution in [0.3, 0.4) is 0 Å². The van der Waals surface area contributed by atoms with Crippen LogP contribution in [0, 0.1) is 5.41 Å². The maximum atomic E-state index is 12.2. The highest BCUT2D eigenvalue weighted by molar-refractivity contribution is 14.1. The van der Waals surface area contributed by atoms with Gasteiger partial charge in [0.05, 0.1) is 14.8 Å². The molecule has 0 unspecified atom stereocenters. The van der Waals surface area contributed by atoms with Gasteiger partial charge in [-0.3, -0.25) is 9.78 Å². The Morgan fingerprint density at radius 3 is 2.76 bits per heavy atom. The minimum Gasteiger partial charge on any atom is -0.356 e. The summed E-state index contributed by atoms with van der Waals surface area (Å²) >= 11 is 2.16. The van der Waals surface area contributed by atoms with Gasteiger partial charge < -0.3 is 5.32 Å². The molecule has 3 nitrogen and oxygen atoms in total. The van der Waals surface area contributed by atoms with Gasteiger partial charge in [0.25, 0.3) is 0 Å². The van der Waals surface area contributed by atoms with E-state index in [2.05, 4.69) is 46.7 Å². The van der Waals surface area contributed by atoms with Crippen LogP contribution in [0.1, 0.15) is 26.7 Å². The number of ketones is 1. The Morgan fingerprint density at radius 1 is 1.19 bits per heavy atom. The molecule has 0 aliphatic heterocycles. The summed E-state index contributed by atoms with van der Waals surface area (Å²) in [6, 6.07) is 10.0. The molecule has 0 amide bonds. The number of nitrogens with one attached hydrogen (secondary N) is 1. The second-order valence-corrected chi connectivity index (χ2v) is 7.32. The molecule has 3 rings (SSSR count). The molecule has 2 aromatic rings. The molecule has 0 saturated carbocycles. The first-order valence-electron chi connectivity index (χ1n) is 6.99. The van der Waals surface area contributed by atoms with E-state index < -0.39 is 0 Å². The highest BCUT2D eigenvalue weighted by Gasteiger charge is 2.32. The fourth-order valence-electron chi connectivity index (χ4n) is 2.77. The third-order valence-corrected chi connectivity index (χ3v) is 4.98. The molecule has 108 valence electrons. The van der Waals surface area contributed by atoms with Crippen LogP contribution in [0.4, 0.5) is 5.69 Å². The highest BCUT2D eigenvalue weighted by atomic mass is 127. The maximum Gasteiger partial charge on any atom is 0.171 e. The number of hydrogen-bond acceptors (Lipinski definition) is 3. The second-order valence-electron chi connectivity index (χ2n) is 6.24. The zero-order valence-corrected chi connectivity index (χ0v) is 14.3. The van der Waals surface area contributed by atoms with Crippen molar-refractivity contribution in [1.29, 1.82) is 0 Å². The van der Waals surface area contributed by atoms with Crippen molar-refractivity contribution >= 4 is 45.0 Å². The van der Waals surface area contributed by atoms with Crippen molar-refractivity contribution in [1.82, 2.24) is 4.98 Å². The zero-order valence-electron chi connectivity index (χ0n) is 12.1. The van der Waals surface area contributed by atoms with E-state index in [1.807, 2.05) is 30.3 Å². The number of Topliss-reactive ketones (excluding diaryl/α,β-unsaturated/α-hetero) is 1. The number of rotatable bonds is 2. The van der Waals surface area contributed by atoms with Crippen molar-refractivity contribution in [2.45, 2.75) is 26.7 Å². The van der Waals surface area contributed by atoms with E-state index in [0.29, 0.717) is 6.42 Å². The molecule has 1 N–H and O–H groups in total. The van der Waals surface area contributed by atoms with Gasteiger partial charge in [0.1, 0.15) is 0 Å². The lowest BCUT2D eigenvalue weighted by Gasteiger charge is -2.31. The molecule has 1 heterocycles. The minimum absolute atomic E-state index is 0.00605. The van der Waals surface area contributed by atoms with Crippen LogP contribution >= 0.6 is 22.6 Å². The third-order valence-electron chi connectivity index (χ3n) is 3.72. The van der Waals surface area contributed by atoms with Crippen molar-refractivity contribution < 1.29 is 4.79 Å². The Kier molecular flexibility index (Phi) is 3.73. The summed E-state index contributed by atoms with van der Waals surface area (Å²) in [5, 5.41) is 4.55. The summed E-state index contributed by atoms with van der Waals surface area (Å²) in [5.41, 5.74) is 2.91. The van der Waals surface area contributed by atoms with Crippen LogP contribution in [-0.4, -0.2) is 10.8 Å². The van der Waals surface area contributed by atoms with E-state index in [1.165, 1.54) is 0 Å². The lowest BCUT2D eigenvalue weighted by Crippen LogP contribution is -2.26. The summed E-state index contributed by atoms with van der Waals surface area (Å²) in [5.74, 6) is 0.225. The highest BCUT2D eigenvalue weighted by Crippen LogP contribution is 2.39. The van der Waals surface area contributed by atoms with E-state index in [9.17, 15) is 4.79 Å². The van der Waals surface area contributed by atoms with Crippen LogP contribution in [-0.2, 0) is 4.79 Å². The number of nitrogens with zero attached hydrogens (tertiary/aromatic N) is 1. The first-order valence-corrected chi connectivity index (χ1v) is 8.07. The topological polar surface area (TPSA) is 42.0 Å². The number of pyridine rings is 1. The quantitative estimate of drug-likeness (QED) is 0.755. The monoisotopic (exact) mass is 392 g/mol. The first-order chi connectivity index (χ1) is 9.96. The van der Waals surface area contributed by atoms with Gasteiger partial charge in [0.2, 0.25) is 0 Å². The number of benzene rings is 1. The Labute approximate surface area is 138 Å². The summed E-state index contributed by atoms with van der Waals surface area (Å²) in [7, 11) is 0. The SMILES string of the molecule is CC1(C)CC(=O)C(I)=C(Nc2cccc3cccnc23)C1. The van der Waals surface area contributed by atoms with Crippen molar-refractivity contribution in [3.63, 3.8) is 0 Å². The van der Waals surface area contributed by atoms with Gasteiger partial charge >= 0.3 is 0 Å². The van der Waals surface area contributed by atoms with Gasteiger partial charge in [-0.15, -0.1) is 0 Å². The van der Waals surface area contributed by atoms with E-state index in [-0.39, 0.29) is 11.2 Å². The molecule has 0 bridgehead atoms. The van der Waals surface area contributed by atoms with Gasteiger partial charge in [-0.1, -0.05) is 32.0 Å². The lowest BCUT2D eigenvalue weighted by molar-refractivity contribution is -0.117. The Balaban J connectivity index is 2.02. The first kappa shape index (κ1) is 14.5. The van der Waals surface area contributed by atoms with Crippen LogP contribution in [0.5, 0.6) is 0 Å². The van der Waals surface area contributed by atoms with Crippen molar-refractivity contribution in [2.24, 2.45) is 5.41 Å². The summed E-state index contributed by atoms with van der Waals surface area (Å²) in [4.78, 5) is 16.6. The van der Waals surface area contributed by atoms with Crippen LogP contribution in [0.2, 0.25) is 0 Å². The fraction of sp³-hybridized carbons (Fsp3) is 0.294. The number of halogens is 1. The predicted octanol–water partition coefficient (Wildman–Crippen LogP) is 4.68. The molecule has 4 heteroatoms. The minimum atomic E-state index is 0.00605. The van der Waals surface area contributed by atoms with Crippen molar-refractivity contribution in [2.75, 3.05) is 5.32 Å². The number of anilines is 1. The molecular weight excluding hydrogens is 375 g/mol. The average molecular weight is 392 g/mol. The molecule has 0 saturated heterocycles. The smallest absolute Gasteiger partial charge is 0.171 e. The molecule has 0 spiro atoms. The summed E-state index contributed by atoms with van der Waals surface area (Å²) in [6.45, 7) is 4.27. The number of carbonyl (C=O) groups is 1. The Hall–Kier alpha value is -1.43. The van der Waals surface area contributed by atoms with Crippen LogP contribution < -0.4 is 5.32 Å². The molecule has 1 aromatic carbocycles. The Bertz CT molecular complexity index is 744. The molecular formula is C17H17IN2O. The van der Waals surface area contributed by atoms with Gasteiger partial charge in [0, 0.05) is 23.7 Å². The van der Waals surface area contributed by atoms with Gasteiger partial charge in [-0.2, -0.15) is 0 Å². The molecule has 21 heavy (non-hydrogen) atoms. The van der Waals surface area contributed by atoms with Gasteiger partial charge in [0.15, 0.2) is 5.78 Å². The molecule has 0 atom stereocenters. The molecule has 1 aromatic heterocycles. The van der Waals surface area contributed by atoms with Gasteiger partial charge in [-0.05, 0) is 46.6 Å². The summed E-state index contributed by atoms with van der Waals surface area (Å²) in [6.07, 6.45) is 3.29. The van der Waals surface area contributed by atoms with Crippen LogP contribution in [0.25, 0.3) is 10.9 Å². The summed E-state index contributed by atoms with van der Waals surface area (Å²) < 4.78 is 0.819. The molecule has 1 aliphatic rings. The maximum absolute atomic E-state index is 12.2. The number of fused-ring (bicyclic) bond motifs is 1. The number of carbonyl (C=O) groups excluding carboxylic acids is 1. The van der Waals surface area contributed by atoms with E-state index in [4.69, 9.17) is 0 Å². The second kappa shape index (κ2) is 5.40. The van der Waals surface area contributed by atoms with Gasteiger partial charge in [-0.25, -0.2) is 0 Å². The zero-order chi connectivity index (χ0) is 15.0. The predicted molar refractivity (Wildman–Crippen MR) is 94.4 cm³/mol. The Morgan fingerprint density at radius 2 is 1.95 bits per heavy atom. The van der Waals surface area contributed by atoms with Crippen molar-refractivity contribution in [3.8, 4) is 0 Å². The third kappa shape index (κ3) is 2.95. The number of aromatic nitrogens is 1. The molecule has 0 fully saturated rings. The largest absolute Gasteiger partial charge is 0.356 e. The normalized spacial score (nSPS) is 18.1. The average Bonchev–Trinajstić information content (AvgIpc) is 2.44. The number of allylic oxidation sites excluding steroid dienone is 2. The van der Waals surface area contributed by atoms with E-state index in [1.54, 1.807) is 6.20 Å². The fourth-order valence-corrected chi connectivity index (χ4v) is 3.28. The van der Waals surface area contributed by atoms with E-state index >= 15 is 0 Å². The standard InChI is InChI=1S/C17H17IN2O/c1-17(2)9-13(15(18)14(21)10-17)20-12-7-3-5-11-6-4-8-19-16(11)12/h3-8,20H,9-10H2,1-2H3.